The number of amides is 1. The molecule has 0 heterocycles. The minimum Gasteiger partial charge on any atom is -0.369 e. The van der Waals surface area contributed by atoms with Crippen LogP contribution in [-0.4, -0.2) is 30.6 Å². The van der Waals surface area contributed by atoms with Crippen LogP contribution in [0.15, 0.2) is 24.3 Å². The summed E-state index contributed by atoms with van der Waals surface area (Å²) in [5.41, 5.74) is 1.62. The highest BCUT2D eigenvalue weighted by molar-refractivity contribution is 5.77. The third-order valence-corrected chi connectivity index (χ3v) is 2.47. The Bertz CT molecular complexity index is 432. The van der Waals surface area contributed by atoms with Gasteiger partial charge in [-0.2, -0.15) is 5.26 Å². The van der Waals surface area contributed by atoms with Gasteiger partial charge in [0, 0.05) is 13.6 Å². The summed E-state index contributed by atoms with van der Waals surface area (Å²) in [4.78, 5) is 13.3. The first-order valence-electron chi connectivity index (χ1n) is 5.87. The molecular weight excluding hydrogens is 228 g/mol. The fraction of sp³-hybridized carbons (Fsp3) is 0.429. The molecule has 0 saturated heterocycles. The molecule has 18 heavy (non-hydrogen) atoms. The molecule has 1 aromatic rings. The van der Waals surface area contributed by atoms with E-state index < -0.39 is 0 Å². The minimum atomic E-state index is -0.0481. The Morgan fingerprint density at radius 3 is 2.50 bits per heavy atom. The lowest BCUT2D eigenvalue weighted by atomic mass is 10.1. The molecule has 0 aliphatic carbocycles. The van der Waals surface area contributed by atoms with E-state index in [4.69, 9.17) is 10.00 Å². The van der Waals surface area contributed by atoms with E-state index >= 15 is 0 Å². The zero-order chi connectivity index (χ0) is 13.5. The molecule has 0 saturated carbocycles. The van der Waals surface area contributed by atoms with Crippen molar-refractivity contribution < 1.29 is 9.53 Å². The summed E-state index contributed by atoms with van der Waals surface area (Å²) in [6.45, 7) is 4.41. The van der Waals surface area contributed by atoms with Crippen LogP contribution < -0.4 is 0 Å². The molecule has 0 aromatic heterocycles. The predicted octanol–water partition coefficient (Wildman–Crippen LogP) is 1.94. The average molecular weight is 246 g/mol. The maximum absolute atomic E-state index is 11.7. The Morgan fingerprint density at radius 2 is 2.00 bits per heavy atom. The van der Waals surface area contributed by atoms with Gasteiger partial charge in [-0.05, 0) is 31.5 Å². The number of hydrogen-bond acceptors (Lipinski definition) is 3. The maximum Gasteiger partial charge on any atom is 0.248 e. The van der Waals surface area contributed by atoms with Gasteiger partial charge in [-0.1, -0.05) is 12.1 Å². The molecule has 4 heteroatoms. The molecule has 0 bridgehead atoms. The largest absolute Gasteiger partial charge is 0.369 e. The van der Waals surface area contributed by atoms with Crippen molar-refractivity contribution in [3.8, 4) is 6.07 Å². The maximum atomic E-state index is 11.7. The Hall–Kier alpha value is -1.86. The molecule has 1 rings (SSSR count). The van der Waals surface area contributed by atoms with Gasteiger partial charge < -0.3 is 9.64 Å². The van der Waals surface area contributed by atoms with Gasteiger partial charge in [0.25, 0.3) is 0 Å². The number of nitrogens with zero attached hydrogens (tertiary/aromatic N) is 2. The molecule has 0 radical (unpaired) electrons. The highest BCUT2D eigenvalue weighted by Crippen LogP contribution is 2.06. The van der Waals surface area contributed by atoms with E-state index in [9.17, 15) is 4.79 Å². The van der Waals surface area contributed by atoms with Gasteiger partial charge in [0.1, 0.15) is 6.61 Å². The van der Waals surface area contributed by atoms with E-state index in [1.807, 2.05) is 26.0 Å². The lowest BCUT2D eigenvalue weighted by molar-refractivity contribution is -0.136. The van der Waals surface area contributed by atoms with E-state index in [0.29, 0.717) is 12.1 Å². The van der Waals surface area contributed by atoms with Crippen LogP contribution in [0.25, 0.3) is 0 Å². The summed E-state index contributed by atoms with van der Waals surface area (Å²) < 4.78 is 5.26. The second-order valence-corrected chi connectivity index (χ2v) is 4.42. The molecule has 0 fully saturated rings. The first-order chi connectivity index (χ1) is 8.52. The number of hydrogen-bond donors (Lipinski definition) is 0. The third-order valence-electron chi connectivity index (χ3n) is 2.47. The summed E-state index contributed by atoms with van der Waals surface area (Å²) in [5, 5.41) is 8.69. The first-order valence-corrected chi connectivity index (χ1v) is 5.87. The van der Waals surface area contributed by atoms with Crippen molar-refractivity contribution in [1.82, 2.24) is 4.90 Å². The van der Waals surface area contributed by atoms with Crippen molar-refractivity contribution in [3.63, 3.8) is 0 Å². The Labute approximate surface area is 108 Å². The van der Waals surface area contributed by atoms with Crippen molar-refractivity contribution in [2.45, 2.75) is 26.5 Å². The van der Waals surface area contributed by atoms with Crippen molar-refractivity contribution in [3.05, 3.63) is 35.4 Å². The number of rotatable bonds is 5. The molecule has 0 spiro atoms. The van der Waals surface area contributed by atoms with Crippen LogP contribution in [-0.2, 0) is 16.1 Å². The molecular formula is C14H18N2O2. The topological polar surface area (TPSA) is 53.3 Å². The zero-order valence-corrected chi connectivity index (χ0v) is 11.0. The third kappa shape index (κ3) is 4.56. The fourth-order valence-corrected chi connectivity index (χ4v) is 1.39. The second kappa shape index (κ2) is 6.77. The normalized spacial score (nSPS) is 10.2. The molecule has 0 aliphatic heterocycles. The summed E-state index contributed by atoms with van der Waals surface area (Å²) in [7, 11) is 1.74. The Morgan fingerprint density at radius 1 is 1.39 bits per heavy atom. The zero-order valence-electron chi connectivity index (χ0n) is 11.0. The number of benzene rings is 1. The Kier molecular flexibility index (Phi) is 5.34. The van der Waals surface area contributed by atoms with Crippen molar-refractivity contribution in [2.75, 3.05) is 13.7 Å². The van der Waals surface area contributed by atoms with E-state index in [1.54, 1.807) is 24.1 Å². The molecule has 4 nitrogen and oxygen atoms in total. The van der Waals surface area contributed by atoms with Gasteiger partial charge in [0.15, 0.2) is 0 Å². The molecule has 0 N–H and O–H groups in total. The predicted molar refractivity (Wildman–Crippen MR) is 68.7 cm³/mol. The highest BCUT2D eigenvalue weighted by Gasteiger charge is 2.10. The summed E-state index contributed by atoms with van der Waals surface area (Å²) >= 11 is 0. The van der Waals surface area contributed by atoms with Crippen LogP contribution in [0, 0.1) is 11.3 Å². The Balaban J connectivity index is 2.50. The molecule has 1 amide bonds. The van der Waals surface area contributed by atoms with Gasteiger partial charge in [0.05, 0.1) is 17.7 Å². The van der Waals surface area contributed by atoms with E-state index in [1.165, 1.54) is 0 Å². The molecule has 0 aliphatic rings. The summed E-state index contributed by atoms with van der Waals surface area (Å²) in [6, 6.07) is 9.26. The SMILES string of the molecule is CC(C)OCC(=O)N(C)Cc1ccc(C#N)cc1. The minimum absolute atomic E-state index is 0.0481. The van der Waals surface area contributed by atoms with Gasteiger partial charge >= 0.3 is 0 Å². The van der Waals surface area contributed by atoms with Gasteiger partial charge in [0.2, 0.25) is 5.91 Å². The van der Waals surface area contributed by atoms with Gasteiger partial charge in [-0.3, -0.25) is 4.79 Å². The number of ether oxygens (including phenoxy) is 1. The smallest absolute Gasteiger partial charge is 0.248 e. The molecule has 96 valence electrons. The number of carbonyl (C=O) groups is 1. The number of carbonyl (C=O) groups excluding carboxylic acids is 1. The lowest BCUT2D eigenvalue weighted by Crippen LogP contribution is -2.30. The summed E-state index contributed by atoms with van der Waals surface area (Å²) in [6.07, 6.45) is 0.0530. The lowest BCUT2D eigenvalue weighted by Gasteiger charge is -2.18. The van der Waals surface area contributed by atoms with Crippen LogP contribution in [0.3, 0.4) is 0 Å². The van der Waals surface area contributed by atoms with Crippen LogP contribution in [0.1, 0.15) is 25.0 Å². The standard InChI is InChI=1S/C14H18N2O2/c1-11(2)18-10-14(17)16(3)9-13-6-4-12(8-15)5-7-13/h4-7,11H,9-10H2,1-3H3. The van der Waals surface area contributed by atoms with Crippen LogP contribution >= 0.6 is 0 Å². The van der Waals surface area contributed by atoms with E-state index in [0.717, 1.165) is 5.56 Å². The van der Waals surface area contributed by atoms with E-state index in [-0.39, 0.29) is 18.6 Å². The van der Waals surface area contributed by atoms with Gasteiger partial charge in [-0.15, -0.1) is 0 Å². The van der Waals surface area contributed by atoms with E-state index in [2.05, 4.69) is 6.07 Å². The molecule has 0 atom stereocenters. The quantitative estimate of drug-likeness (QED) is 0.797. The van der Waals surface area contributed by atoms with Crippen LogP contribution in [0.4, 0.5) is 0 Å². The monoisotopic (exact) mass is 246 g/mol. The number of likely N-dealkylation sites (N-methyl/N-ethyl adjacent to an activating group) is 1. The molecule has 1 aromatic carbocycles. The summed E-state index contributed by atoms with van der Waals surface area (Å²) in [5.74, 6) is -0.0481. The fourth-order valence-electron chi connectivity index (χ4n) is 1.39. The van der Waals surface area contributed by atoms with Gasteiger partial charge in [-0.25, -0.2) is 0 Å². The average Bonchev–Trinajstić information content (AvgIpc) is 2.36. The van der Waals surface area contributed by atoms with Crippen LogP contribution in [0.5, 0.6) is 0 Å². The highest BCUT2D eigenvalue weighted by atomic mass is 16.5. The number of nitriles is 1. The van der Waals surface area contributed by atoms with Crippen molar-refractivity contribution >= 4 is 5.91 Å². The second-order valence-electron chi connectivity index (χ2n) is 4.42. The molecule has 0 unspecified atom stereocenters. The van der Waals surface area contributed by atoms with Crippen molar-refractivity contribution in [1.29, 1.82) is 5.26 Å². The van der Waals surface area contributed by atoms with Crippen LogP contribution in [0.2, 0.25) is 0 Å². The first kappa shape index (κ1) is 14.2. The van der Waals surface area contributed by atoms with Crippen molar-refractivity contribution in [2.24, 2.45) is 0 Å².